The highest BCUT2D eigenvalue weighted by Crippen LogP contribution is 2.43. The van der Waals surface area contributed by atoms with Gasteiger partial charge in [-0.25, -0.2) is 0 Å². The van der Waals surface area contributed by atoms with E-state index in [1.165, 1.54) is 18.4 Å². The summed E-state index contributed by atoms with van der Waals surface area (Å²) in [6.07, 6.45) is 2.12. The highest BCUT2D eigenvalue weighted by Gasteiger charge is 2.28. The van der Waals surface area contributed by atoms with Crippen LogP contribution in [0.3, 0.4) is 0 Å². The van der Waals surface area contributed by atoms with Crippen molar-refractivity contribution in [3.05, 3.63) is 35.4 Å². The second-order valence-electron chi connectivity index (χ2n) is 4.56. The first kappa shape index (κ1) is 10.7. The van der Waals surface area contributed by atoms with Crippen molar-refractivity contribution in [2.24, 2.45) is 11.7 Å². The first-order valence-electron chi connectivity index (χ1n) is 5.71. The van der Waals surface area contributed by atoms with Crippen LogP contribution < -0.4 is 5.73 Å². The van der Waals surface area contributed by atoms with Gasteiger partial charge >= 0.3 is 0 Å². The van der Waals surface area contributed by atoms with E-state index in [1.807, 2.05) is 19.1 Å². The van der Waals surface area contributed by atoms with Gasteiger partial charge in [0, 0.05) is 0 Å². The van der Waals surface area contributed by atoms with Gasteiger partial charge in [0.25, 0.3) is 0 Å². The van der Waals surface area contributed by atoms with Gasteiger partial charge in [-0.3, -0.25) is 0 Å². The first-order chi connectivity index (χ1) is 7.24. The highest BCUT2D eigenvalue weighted by molar-refractivity contribution is 5.35. The molecular formula is C13H19NO. The maximum atomic E-state index is 10.2. The summed E-state index contributed by atoms with van der Waals surface area (Å²) >= 11 is 0. The van der Waals surface area contributed by atoms with Gasteiger partial charge in [0.05, 0.1) is 6.10 Å². The summed E-state index contributed by atoms with van der Waals surface area (Å²) in [7, 11) is 0. The van der Waals surface area contributed by atoms with Crippen molar-refractivity contribution in [2.45, 2.75) is 31.8 Å². The summed E-state index contributed by atoms with van der Waals surface area (Å²) in [4.78, 5) is 0. The van der Waals surface area contributed by atoms with Gasteiger partial charge in [-0.15, -0.1) is 0 Å². The molecule has 0 heterocycles. The number of aliphatic hydroxyl groups excluding tert-OH is 1. The van der Waals surface area contributed by atoms with Gasteiger partial charge in [0.2, 0.25) is 0 Å². The Kier molecular flexibility index (Phi) is 3.08. The van der Waals surface area contributed by atoms with Gasteiger partial charge in [0.1, 0.15) is 0 Å². The third-order valence-corrected chi connectivity index (χ3v) is 3.24. The Hall–Kier alpha value is -0.860. The van der Waals surface area contributed by atoms with Gasteiger partial charge in [-0.1, -0.05) is 31.2 Å². The zero-order chi connectivity index (χ0) is 10.8. The molecule has 0 amide bonds. The molecule has 1 aliphatic rings. The maximum absolute atomic E-state index is 10.2. The Balaban J connectivity index is 2.25. The average molecular weight is 205 g/mol. The smallest absolute Gasteiger partial charge is 0.0830 e. The molecule has 0 saturated heterocycles. The van der Waals surface area contributed by atoms with E-state index in [0.29, 0.717) is 12.5 Å². The molecule has 2 atom stereocenters. The van der Waals surface area contributed by atoms with Crippen molar-refractivity contribution < 1.29 is 5.11 Å². The van der Waals surface area contributed by atoms with Crippen LogP contribution in [0.25, 0.3) is 0 Å². The van der Waals surface area contributed by atoms with E-state index in [2.05, 4.69) is 12.1 Å². The van der Waals surface area contributed by atoms with Crippen LogP contribution in [0.5, 0.6) is 0 Å². The van der Waals surface area contributed by atoms with Crippen LogP contribution in [0, 0.1) is 5.92 Å². The molecule has 0 aliphatic heterocycles. The summed E-state index contributed by atoms with van der Waals surface area (Å²) in [6, 6.07) is 8.22. The largest absolute Gasteiger partial charge is 0.388 e. The molecule has 1 aliphatic carbocycles. The Labute approximate surface area is 91.1 Å². The van der Waals surface area contributed by atoms with E-state index >= 15 is 0 Å². The minimum Gasteiger partial charge on any atom is -0.388 e. The fourth-order valence-corrected chi connectivity index (χ4v) is 1.98. The van der Waals surface area contributed by atoms with Crippen molar-refractivity contribution >= 4 is 0 Å². The molecule has 3 N–H and O–H groups in total. The molecule has 2 nitrogen and oxygen atoms in total. The number of aliphatic hydroxyl groups is 1. The molecule has 82 valence electrons. The summed E-state index contributed by atoms with van der Waals surface area (Å²) in [5.74, 6) is 0.811. The quantitative estimate of drug-likeness (QED) is 0.791. The van der Waals surface area contributed by atoms with Gasteiger partial charge < -0.3 is 10.8 Å². The molecule has 0 spiro atoms. The fourth-order valence-electron chi connectivity index (χ4n) is 1.98. The predicted molar refractivity (Wildman–Crippen MR) is 61.6 cm³/mol. The average Bonchev–Trinajstić information content (AvgIpc) is 3.11. The summed E-state index contributed by atoms with van der Waals surface area (Å²) in [6.45, 7) is 2.52. The van der Waals surface area contributed by atoms with Crippen molar-refractivity contribution in [1.82, 2.24) is 0 Å². The molecule has 1 aromatic rings. The predicted octanol–water partition coefficient (Wildman–Crippen LogP) is 2.19. The molecule has 0 bridgehead atoms. The Morgan fingerprint density at radius 3 is 2.67 bits per heavy atom. The summed E-state index contributed by atoms with van der Waals surface area (Å²) in [5.41, 5.74) is 8.00. The molecule has 15 heavy (non-hydrogen) atoms. The zero-order valence-corrected chi connectivity index (χ0v) is 9.19. The summed E-state index contributed by atoms with van der Waals surface area (Å²) < 4.78 is 0. The first-order valence-corrected chi connectivity index (χ1v) is 5.71. The molecule has 2 unspecified atom stereocenters. The number of benzene rings is 1. The van der Waals surface area contributed by atoms with E-state index in [4.69, 9.17) is 5.73 Å². The molecule has 1 aromatic carbocycles. The lowest BCUT2D eigenvalue weighted by atomic mass is 9.92. The molecule has 2 rings (SSSR count). The highest BCUT2D eigenvalue weighted by atomic mass is 16.3. The van der Waals surface area contributed by atoms with Crippen LogP contribution in [0.2, 0.25) is 0 Å². The monoisotopic (exact) mass is 205 g/mol. The third kappa shape index (κ3) is 2.21. The van der Waals surface area contributed by atoms with Crippen LogP contribution in [0.1, 0.15) is 42.9 Å². The van der Waals surface area contributed by atoms with Crippen molar-refractivity contribution in [2.75, 3.05) is 6.54 Å². The number of nitrogens with two attached hydrogens (primary N) is 1. The third-order valence-electron chi connectivity index (χ3n) is 3.24. The second-order valence-corrected chi connectivity index (χ2v) is 4.56. The maximum Gasteiger partial charge on any atom is 0.0830 e. The van der Waals surface area contributed by atoms with E-state index in [-0.39, 0.29) is 5.92 Å². The topological polar surface area (TPSA) is 46.2 Å². The molecule has 0 radical (unpaired) electrons. The molecule has 2 heteroatoms. The van der Waals surface area contributed by atoms with E-state index in [0.717, 1.165) is 5.56 Å². The number of hydrogen-bond donors (Lipinski definition) is 2. The lowest BCUT2D eigenvalue weighted by Crippen LogP contribution is -2.19. The number of rotatable bonds is 4. The minimum absolute atomic E-state index is 0.130. The molecule has 1 fully saturated rings. The second kappa shape index (κ2) is 4.33. The lowest BCUT2D eigenvalue weighted by Gasteiger charge is -2.20. The SMILES string of the molecule is CC(CN)C(O)c1ccccc1C1CC1. The number of hydrogen-bond acceptors (Lipinski definition) is 2. The zero-order valence-electron chi connectivity index (χ0n) is 9.19. The van der Waals surface area contributed by atoms with Gasteiger partial charge in [-0.2, -0.15) is 0 Å². The minimum atomic E-state index is -0.410. The van der Waals surface area contributed by atoms with Crippen LogP contribution in [-0.4, -0.2) is 11.7 Å². The molecular weight excluding hydrogens is 186 g/mol. The standard InChI is InChI=1S/C13H19NO/c1-9(8-14)13(15)12-5-3-2-4-11(12)10-6-7-10/h2-5,9-10,13,15H,6-8,14H2,1H3. The summed E-state index contributed by atoms with van der Waals surface area (Å²) in [5, 5.41) is 10.2. The van der Waals surface area contributed by atoms with Crippen LogP contribution in [-0.2, 0) is 0 Å². The van der Waals surface area contributed by atoms with Crippen molar-refractivity contribution in [1.29, 1.82) is 0 Å². The molecule has 0 aromatic heterocycles. The van der Waals surface area contributed by atoms with E-state index in [9.17, 15) is 5.11 Å². The Morgan fingerprint density at radius 2 is 2.07 bits per heavy atom. The lowest BCUT2D eigenvalue weighted by molar-refractivity contribution is 0.121. The van der Waals surface area contributed by atoms with Crippen molar-refractivity contribution in [3.63, 3.8) is 0 Å². The molecule has 1 saturated carbocycles. The van der Waals surface area contributed by atoms with E-state index in [1.54, 1.807) is 0 Å². The van der Waals surface area contributed by atoms with Crippen LogP contribution >= 0.6 is 0 Å². The van der Waals surface area contributed by atoms with Crippen LogP contribution in [0.15, 0.2) is 24.3 Å². The van der Waals surface area contributed by atoms with E-state index < -0.39 is 6.10 Å². The Morgan fingerprint density at radius 1 is 1.40 bits per heavy atom. The van der Waals surface area contributed by atoms with Crippen LogP contribution in [0.4, 0.5) is 0 Å². The van der Waals surface area contributed by atoms with Gasteiger partial charge in [0.15, 0.2) is 0 Å². The normalized spacial score (nSPS) is 19.9. The van der Waals surface area contributed by atoms with Gasteiger partial charge in [-0.05, 0) is 42.3 Å². The fraction of sp³-hybridized carbons (Fsp3) is 0.538. The Bertz CT molecular complexity index is 333. The van der Waals surface area contributed by atoms with Crippen molar-refractivity contribution in [3.8, 4) is 0 Å².